The van der Waals surface area contributed by atoms with Crippen LogP contribution in [0.3, 0.4) is 0 Å². The minimum Gasteiger partial charge on any atom is -0.381 e. The van der Waals surface area contributed by atoms with E-state index >= 15 is 0 Å². The van der Waals surface area contributed by atoms with E-state index in [0.29, 0.717) is 0 Å². The minimum atomic E-state index is 0.182. The van der Waals surface area contributed by atoms with Crippen molar-refractivity contribution in [2.75, 3.05) is 32.1 Å². The summed E-state index contributed by atoms with van der Waals surface area (Å²) in [6.07, 6.45) is 6.17. The van der Waals surface area contributed by atoms with Gasteiger partial charge in [0.2, 0.25) is 0 Å². The number of nitrogens with zero attached hydrogens (tertiary/aromatic N) is 2. The van der Waals surface area contributed by atoms with Crippen molar-refractivity contribution in [3.63, 3.8) is 0 Å². The Morgan fingerprint density at radius 3 is 2.71 bits per heavy atom. The van der Waals surface area contributed by atoms with Crippen molar-refractivity contribution in [3.8, 4) is 0 Å². The first-order valence-corrected chi connectivity index (χ1v) is 7.67. The van der Waals surface area contributed by atoms with Gasteiger partial charge in [-0.2, -0.15) is 0 Å². The van der Waals surface area contributed by atoms with Gasteiger partial charge in [-0.15, -0.1) is 0 Å². The first kappa shape index (κ1) is 11.8. The molecule has 0 aromatic rings. The smallest absolute Gasteiger partial charge is 0.171 e. The molecule has 0 aromatic carbocycles. The number of aliphatic imine (C=N–C) groups is 1. The molecule has 3 heterocycles. The Morgan fingerprint density at radius 2 is 1.94 bits per heavy atom. The Morgan fingerprint density at radius 1 is 1.18 bits per heavy atom. The monoisotopic (exact) mass is 255 g/mol. The summed E-state index contributed by atoms with van der Waals surface area (Å²) in [6, 6.07) is 0. The van der Waals surface area contributed by atoms with Gasteiger partial charge in [0.05, 0.1) is 5.54 Å². The number of nitrogens with one attached hydrogen (secondary N) is 1. The van der Waals surface area contributed by atoms with Crippen molar-refractivity contribution in [1.29, 1.82) is 0 Å². The number of ether oxygens (including phenoxy) is 1. The summed E-state index contributed by atoms with van der Waals surface area (Å²) in [5.41, 5.74) is 3.68. The molecule has 0 aliphatic carbocycles. The summed E-state index contributed by atoms with van der Waals surface area (Å²) in [6.45, 7) is 4.08. The van der Waals surface area contributed by atoms with E-state index in [1.54, 1.807) is 0 Å². The van der Waals surface area contributed by atoms with Gasteiger partial charge >= 0.3 is 0 Å². The molecule has 0 atom stereocenters. The maximum atomic E-state index is 5.43. The Hall–Kier alpha value is -0.260. The Labute approximate surface area is 107 Å². The van der Waals surface area contributed by atoms with E-state index in [9.17, 15) is 0 Å². The van der Waals surface area contributed by atoms with Crippen molar-refractivity contribution in [1.82, 2.24) is 10.4 Å². The quantitative estimate of drug-likeness (QED) is 0.772. The van der Waals surface area contributed by atoms with Crippen LogP contribution in [0.4, 0.5) is 0 Å². The molecule has 0 unspecified atom stereocenters. The molecule has 0 amide bonds. The SMILES string of the molecule is C1CCN(NC2=NC3(CCOCC3)CS2)CC1. The molecule has 3 aliphatic heterocycles. The lowest BCUT2D eigenvalue weighted by Crippen LogP contribution is -2.43. The molecule has 2 saturated heterocycles. The van der Waals surface area contributed by atoms with Crippen LogP contribution >= 0.6 is 11.8 Å². The second kappa shape index (κ2) is 5.16. The van der Waals surface area contributed by atoms with Crippen molar-refractivity contribution in [3.05, 3.63) is 0 Å². The minimum absolute atomic E-state index is 0.182. The molecule has 17 heavy (non-hydrogen) atoms. The molecule has 0 bridgehead atoms. The van der Waals surface area contributed by atoms with Crippen LogP contribution in [0.2, 0.25) is 0 Å². The number of hydrazine groups is 1. The van der Waals surface area contributed by atoms with Gasteiger partial charge in [0.1, 0.15) is 0 Å². The maximum absolute atomic E-state index is 5.43. The standard InChI is InChI=1S/C12H21N3OS/c1-2-6-15(7-3-1)14-11-13-12(10-17-11)4-8-16-9-5-12/h1-10H2,(H,13,14). The summed E-state index contributed by atoms with van der Waals surface area (Å²) < 4.78 is 5.43. The van der Waals surface area contributed by atoms with E-state index in [0.717, 1.165) is 50.1 Å². The molecule has 1 spiro atoms. The predicted molar refractivity (Wildman–Crippen MR) is 71.2 cm³/mol. The molecule has 2 fully saturated rings. The molecule has 4 nitrogen and oxygen atoms in total. The highest BCUT2D eigenvalue weighted by atomic mass is 32.2. The number of rotatable bonds is 1. The molecular formula is C12H21N3OS. The molecule has 3 aliphatic rings. The molecule has 3 rings (SSSR count). The summed E-state index contributed by atoms with van der Waals surface area (Å²) in [7, 11) is 0. The molecule has 0 radical (unpaired) electrons. The fourth-order valence-corrected chi connectivity index (χ4v) is 3.90. The number of thioether (sulfide) groups is 1. The Kier molecular flexibility index (Phi) is 3.59. The third-order valence-electron chi connectivity index (χ3n) is 3.85. The van der Waals surface area contributed by atoms with Gasteiger partial charge in [-0.25, -0.2) is 5.01 Å². The van der Waals surface area contributed by atoms with Crippen LogP contribution in [0.5, 0.6) is 0 Å². The second-order valence-electron chi connectivity index (χ2n) is 5.20. The molecule has 0 saturated carbocycles. The highest BCUT2D eigenvalue weighted by molar-refractivity contribution is 8.14. The molecule has 96 valence electrons. The van der Waals surface area contributed by atoms with Gasteiger partial charge in [-0.3, -0.25) is 10.4 Å². The maximum Gasteiger partial charge on any atom is 0.171 e. The van der Waals surface area contributed by atoms with Crippen LogP contribution in [-0.4, -0.2) is 47.8 Å². The van der Waals surface area contributed by atoms with E-state index in [-0.39, 0.29) is 5.54 Å². The lowest BCUT2D eigenvalue weighted by molar-refractivity contribution is 0.0622. The molecule has 1 N–H and O–H groups in total. The summed E-state index contributed by atoms with van der Waals surface area (Å²) in [5.74, 6) is 1.13. The van der Waals surface area contributed by atoms with Gasteiger partial charge in [0.15, 0.2) is 5.17 Å². The zero-order chi connectivity index (χ0) is 11.6. The fourth-order valence-electron chi connectivity index (χ4n) is 2.69. The summed E-state index contributed by atoms with van der Waals surface area (Å²) >= 11 is 1.88. The number of amidine groups is 1. The lowest BCUT2D eigenvalue weighted by atomic mass is 9.93. The van der Waals surface area contributed by atoms with Gasteiger partial charge < -0.3 is 4.74 Å². The molecule has 5 heteroatoms. The van der Waals surface area contributed by atoms with Gasteiger partial charge in [-0.05, 0) is 25.7 Å². The van der Waals surface area contributed by atoms with Gasteiger partial charge in [-0.1, -0.05) is 18.2 Å². The molecular weight excluding hydrogens is 234 g/mol. The Balaban J connectivity index is 1.58. The molecule has 0 aromatic heterocycles. The van der Waals surface area contributed by atoms with Crippen LogP contribution in [0, 0.1) is 0 Å². The highest BCUT2D eigenvalue weighted by Crippen LogP contribution is 2.35. The van der Waals surface area contributed by atoms with Gasteiger partial charge in [0.25, 0.3) is 0 Å². The van der Waals surface area contributed by atoms with Crippen molar-refractivity contribution < 1.29 is 4.74 Å². The average Bonchev–Trinajstić information content (AvgIpc) is 2.74. The van der Waals surface area contributed by atoms with E-state index in [1.807, 2.05) is 11.8 Å². The van der Waals surface area contributed by atoms with Crippen LogP contribution in [-0.2, 0) is 4.74 Å². The highest BCUT2D eigenvalue weighted by Gasteiger charge is 2.37. The lowest BCUT2D eigenvalue weighted by Gasteiger charge is -2.29. The first-order chi connectivity index (χ1) is 8.36. The Bertz CT molecular complexity index is 296. The van der Waals surface area contributed by atoms with Gasteiger partial charge in [0, 0.05) is 32.1 Å². The normalized spacial score (nSPS) is 29.3. The van der Waals surface area contributed by atoms with Crippen LogP contribution in [0.15, 0.2) is 4.99 Å². The zero-order valence-corrected chi connectivity index (χ0v) is 11.1. The van der Waals surface area contributed by atoms with Crippen LogP contribution in [0.1, 0.15) is 32.1 Å². The van der Waals surface area contributed by atoms with Crippen molar-refractivity contribution >= 4 is 16.9 Å². The number of hydrogen-bond donors (Lipinski definition) is 1. The van der Waals surface area contributed by atoms with E-state index in [2.05, 4.69) is 10.4 Å². The van der Waals surface area contributed by atoms with Crippen LogP contribution < -0.4 is 5.43 Å². The second-order valence-corrected chi connectivity index (χ2v) is 6.17. The first-order valence-electron chi connectivity index (χ1n) is 6.68. The zero-order valence-electron chi connectivity index (χ0n) is 10.3. The van der Waals surface area contributed by atoms with E-state index in [1.165, 1.54) is 19.3 Å². The van der Waals surface area contributed by atoms with E-state index < -0.39 is 0 Å². The average molecular weight is 255 g/mol. The van der Waals surface area contributed by atoms with E-state index in [4.69, 9.17) is 9.73 Å². The summed E-state index contributed by atoms with van der Waals surface area (Å²) in [5, 5.41) is 3.46. The number of hydrogen-bond acceptors (Lipinski definition) is 5. The number of piperidine rings is 1. The topological polar surface area (TPSA) is 36.9 Å². The van der Waals surface area contributed by atoms with Crippen molar-refractivity contribution in [2.45, 2.75) is 37.6 Å². The predicted octanol–water partition coefficient (Wildman–Crippen LogP) is 1.63. The van der Waals surface area contributed by atoms with Crippen molar-refractivity contribution in [2.24, 2.45) is 4.99 Å². The third-order valence-corrected chi connectivity index (χ3v) is 4.99. The largest absolute Gasteiger partial charge is 0.381 e. The summed E-state index contributed by atoms with van der Waals surface area (Å²) in [4.78, 5) is 4.92. The fraction of sp³-hybridized carbons (Fsp3) is 0.917. The van der Waals surface area contributed by atoms with Crippen LogP contribution in [0.25, 0.3) is 0 Å². The third kappa shape index (κ3) is 2.77.